The van der Waals surface area contributed by atoms with E-state index in [2.05, 4.69) is 10.0 Å². The highest BCUT2D eigenvalue weighted by Gasteiger charge is 2.16. The molecule has 0 fully saturated rings. The van der Waals surface area contributed by atoms with E-state index in [-0.39, 0.29) is 16.7 Å². The second kappa shape index (κ2) is 8.26. The number of hydrogen-bond acceptors (Lipinski definition) is 4. The summed E-state index contributed by atoms with van der Waals surface area (Å²) in [5.74, 6) is -0.0601. The van der Waals surface area contributed by atoms with Crippen LogP contribution in [0.25, 0.3) is 0 Å². The zero-order chi connectivity index (χ0) is 16.8. The van der Waals surface area contributed by atoms with Crippen molar-refractivity contribution in [1.29, 1.82) is 0 Å². The molecule has 2 N–H and O–H groups in total. The number of nitrogens with one attached hydrogen (secondary N) is 2. The summed E-state index contributed by atoms with van der Waals surface area (Å²) in [4.78, 5) is 14.1. The summed E-state index contributed by atoms with van der Waals surface area (Å²) in [5.41, 5.74) is 0.339. The van der Waals surface area contributed by atoms with Crippen LogP contribution in [0.2, 0.25) is 0 Å². The van der Waals surface area contributed by atoms with E-state index in [0.29, 0.717) is 18.7 Å². The molecular formula is C15H25N3O3S. The van der Waals surface area contributed by atoms with E-state index in [1.165, 1.54) is 12.1 Å². The van der Waals surface area contributed by atoms with Crippen LogP contribution in [0.1, 0.15) is 24.2 Å². The number of rotatable bonds is 8. The van der Waals surface area contributed by atoms with Gasteiger partial charge in [0, 0.05) is 25.2 Å². The summed E-state index contributed by atoms with van der Waals surface area (Å²) in [7, 11) is 0.249. The van der Waals surface area contributed by atoms with Crippen molar-refractivity contribution in [2.24, 2.45) is 5.92 Å². The zero-order valence-electron chi connectivity index (χ0n) is 13.6. The van der Waals surface area contributed by atoms with Crippen molar-refractivity contribution in [3.63, 3.8) is 0 Å². The van der Waals surface area contributed by atoms with E-state index in [9.17, 15) is 13.2 Å². The number of benzene rings is 1. The quantitative estimate of drug-likeness (QED) is 0.744. The maximum Gasteiger partial charge on any atom is 0.251 e. The topological polar surface area (TPSA) is 78.5 Å². The predicted octanol–water partition coefficient (Wildman–Crippen LogP) is 0.912. The molecule has 0 heterocycles. The summed E-state index contributed by atoms with van der Waals surface area (Å²) in [6.45, 7) is 5.45. The van der Waals surface area contributed by atoms with Crippen molar-refractivity contribution in [3.05, 3.63) is 29.8 Å². The van der Waals surface area contributed by atoms with Gasteiger partial charge < -0.3 is 10.2 Å². The average Bonchev–Trinajstić information content (AvgIpc) is 2.45. The second-order valence-corrected chi connectivity index (χ2v) is 7.60. The van der Waals surface area contributed by atoms with Gasteiger partial charge in [-0.15, -0.1) is 0 Å². The molecule has 0 aliphatic heterocycles. The molecule has 0 saturated carbocycles. The molecule has 124 valence electrons. The van der Waals surface area contributed by atoms with Gasteiger partial charge in [-0.25, -0.2) is 13.1 Å². The van der Waals surface area contributed by atoms with Gasteiger partial charge >= 0.3 is 0 Å². The number of likely N-dealkylation sites (N-methyl/N-ethyl adjacent to an activating group) is 1. The predicted molar refractivity (Wildman–Crippen MR) is 87.4 cm³/mol. The van der Waals surface area contributed by atoms with Gasteiger partial charge in [0.1, 0.15) is 0 Å². The molecule has 0 aromatic heterocycles. The van der Waals surface area contributed by atoms with E-state index >= 15 is 0 Å². The van der Waals surface area contributed by atoms with Gasteiger partial charge in [-0.3, -0.25) is 4.79 Å². The van der Waals surface area contributed by atoms with E-state index < -0.39 is 10.0 Å². The third-order valence-corrected chi connectivity index (χ3v) is 4.35. The van der Waals surface area contributed by atoms with Gasteiger partial charge in [0.25, 0.3) is 5.91 Å². The molecule has 1 aromatic rings. The average molecular weight is 327 g/mol. The Morgan fingerprint density at radius 1 is 1.27 bits per heavy atom. The minimum absolute atomic E-state index is 0.105. The maximum absolute atomic E-state index is 12.2. The van der Waals surface area contributed by atoms with Crippen molar-refractivity contribution >= 4 is 15.9 Å². The van der Waals surface area contributed by atoms with Crippen LogP contribution in [0.5, 0.6) is 0 Å². The molecule has 6 nitrogen and oxygen atoms in total. The van der Waals surface area contributed by atoms with Crippen molar-refractivity contribution < 1.29 is 13.2 Å². The minimum atomic E-state index is -3.58. The second-order valence-electron chi connectivity index (χ2n) is 5.83. The van der Waals surface area contributed by atoms with Gasteiger partial charge in [-0.05, 0) is 38.2 Å². The summed E-state index contributed by atoms with van der Waals surface area (Å²) < 4.78 is 26.9. The lowest BCUT2D eigenvalue weighted by molar-refractivity contribution is 0.0951. The molecule has 1 amide bonds. The van der Waals surface area contributed by atoms with Gasteiger partial charge in [0.2, 0.25) is 10.0 Å². The highest BCUT2D eigenvalue weighted by Crippen LogP contribution is 2.12. The van der Waals surface area contributed by atoms with Crippen LogP contribution in [-0.4, -0.2) is 53.0 Å². The molecule has 0 aliphatic carbocycles. The number of carbonyl (C=O) groups is 1. The molecule has 0 radical (unpaired) electrons. The number of nitrogens with zero attached hydrogens (tertiary/aromatic N) is 1. The number of sulfonamides is 1. The number of amides is 1. The lowest BCUT2D eigenvalue weighted by Crippen LogP contribution is -2.31. The van der Waals surface area contributed by atoms with E-state index in [0.717, 1.165) is 6.54 Å². The fraction of sp³-hybridized carbons (Fsp3) is 0.533. The fourth-order valence-corrected chi connectivity index (χ4v) is 2.92. The molecule has 0 aliphatic rings. The minimum Gasteiger partial charge on any atom is -0.351 e. The Morgan fingerprint density at radius 3 is 2.55 bits per heavy atom. The first kappa shape index (κ1) is 18.6. The van der Waals surface area contributed by atoms with Gasteiger partial charge in [-0.2, -0.15) is 0 Å². The Bertz CT molecular complexity index is 598. The van der Waals surface area contributed by atoms with Crippen LogP contribution >= 0.6 is 0 Å². The van der Waals surface area contributed by atoms with E-state index in [1.807, 2.05) is 32.8 Å². The van der Waals surface area contributed by atoms with Crippen LogP contribution < -0.4 is 10.0 Å². The van der Waals surface area contributed by atoms with E-state index in [4.69, 9.17) is 0 Å². The van der Waals surface area contributed by atoms with Gasteiger partial charge in [0.15, 0.2) is 0 Å². The standard InChI is InChI=1S/C15H25N3O3S/c1-12(2)11-17-22(20,21)14-7-5-6-13(10-14)15(19)16-8-9-18(3)4/h5-7,10,12,17H,8-9,11H2,1-4H3,(H,16,19). The monoisotopic (exact) mass is 327 g/mol. The van der Waals surface area contributed by atoms with Crippen molar-refractivity contribution in [1.82, 2.24) is 14.9 Å². The third kappa shape index (κ3) is 6.13. The van der Waals surface area contributed by atoms with Crippen molar-refractivity contribution in [2.75, 3.05) is 33.7 Å². The zero-order valence-corrected chi connectivity index (χ0v) is 14.4. The molecule has 22 heavy (non-hydrogen) atoms. The first-order valence-corrected chi connectivity index (χ1v) is 8.73. The SMILES string of the molecule is CC(C)CNS(=O)(=O)c1cccc(C(=O)NCCN(C)C)c1. The fourth-order valence-electron chi connectivity index (χ4n) is 1.66. The van der Waals surface area contributed by atoms with Crippen LogP contribution in [0.3, 0.4) is 0 Å². The molecular weight excluding hydrogens is 302 g/mol. The highest BCUT2D eigenvalue weighted by molar-refractivity contribution is 7.89. The molecule has 0 bridgehead atoms. The van der Waals surface area contributed by atoms with Gasteiger partial charge in [0.05, 0.1) is 4.90 Å². The Hall–Kier alpha value is -1.44. The summed E-state index contributed by atoms with van der Waals surface area (Å²) in [5, 5.41) is 2.76. The molecule has 1 rings (SSSR count). The molecule has 0 saturated heterocycles. The highest BCUT2D eigenvalue weighted by atomic mass is 32.2. The number of hydrogen-bond donors (Lipinski definition) is 2. The number of carbonyl (C=O) groups excluding carboxylic acids is 1. The van der Waals surface area contributed by atoms with Crippen LogP contribution in [-0.2, 0) is 10.0 Å². The Labute approximate surface area is 132 Å². The van der Waals surface area contributed by atoms with Crippen LogP contribution in [0, 0.1) is 5.92 Å². The Kier molecular flexibility index (Phi) is 6.99. The van der Waals surface area contributed by atoms with Gasteiger partial charge in [-0.1, -0.05) is 19.9 Å². The largest absolute Gasteiger partial charge is 0.351 e. The molecule has 0 atom stereocenters. The first-order chi connectivity index (χ1) is 10.2. The third-order valence-electron chi connectivity index (χ3n) is 2.93. The molecule has 0 spiro atoms. The lowest BCUT2D eigenvalue weighted by Gasteiger charge is -2.12. The van der Waals surface area contributed by atoms with Crippen LogP contribution in [0.15, 0.2) is 29.2 Å². The molecule has 1 aromatic carbocycles. The summed E-state index contributed by atoms with van der Waals surface area (Å²) >= 11 is 0. The maximum atomic E-state index is 12.2. The Morgan fingerprint density at radius 2 is 1.95 bits per heavy atom. The van der Waals surface area contributed by atoms with Crippen molar-refractivity contribution in [2.45, 2.75) is 18.7 Å². The lowest BCUT2D eigenvalue weighted by atomic mass is 10.2. The smallest absolute Gasteiger partial charge is 0.251 e. The van der Waals surface area contributed by atoms with Crippen molar-refractivity contribution in [3.8, 4) is 0 Å². The molecule has 0 unspecified atom stereocenters. The van der Waals surface area contributed by atoms with E-state index in [1.54, 1.807) is 12.1 Å². The Balaban J connectivity index is 2.79. The molecule has 7 heteroatoms. The van der Waals surface area contributed by atoms with Crippen LogP contribution in [0.4, 0.5) is 0 Å². The first-order valence-electron chi connectivity index (χ1n) is 7.25. The summed E-state index contributed by atoms with van der Waals surface area (Å²) in [6.07, 6.45) is 0. The summed E-state index contributed by atoms with van der Waals surface area (Å²) in [6, 6.07) is 6.06. The normalized spacial score (nSPS) is 11.9.